The van der Waals surface area contributed by atoms with E-state index in [0.717, 1.165) is 11.3 Å². The lowest BCUT2D eigenvalue weighted by Crippen LogP contribution is -2.13. The van der Waals surface area contributed by atoms with Crippen LogP contribution in [0.5, 0.6) is 5.75 Å². The maximum absolute atomic E-state index is 12.1. The van der Waals surface area contributed by atoms with Crippen LogP contribution in [0.1, 0.15) is 15.9 Å². The Bertz CT molecular complexity index is 553. The van der Waals surface area contributed by atoms with Crippen molar-refractivity contribution in [3.63, 3.8) is 0 Å². The monoisotopic (exact) mass is 242 g/mol. The molecule has 18 heavy (non-hydrogen) atoms. The molecule has 1 heterocycles. The molecule has 0 atom stereocenters. The summed E-state index contributed by atoms with van der Waals surface area (Å²) in [6.45, 7) is 1.89. The Hall–Kier alpha value is -2.36. The first-order valence-electron chi connectivity index (χ1n) is 5.56. The Morgan fingerprint density at radius 1 is 1.22 bits per heavy atom. The average Bonchev–Trinajstić information content (AvgIpc) is 2.40. The zero-order valence-corrected chi connectivity index (χ0v) is 10.3. The number of nitrogens with one attached hydrogen (secondary N) is 1. The molecular weight excluding hydrogens is 228 g/mol. The van der Waals surface area contributed by atoms with Crippen LogP contribution in [0.15, 0.2) is 42.7 Å². The van der Waals surface area contributed by atoms with Gasteiger partial charge in [0, 0.05) is 23.6 Å². The first-order valence-corrected chi connectivity index (χ1v) is 5.56. The zero-order chi connectivity index (χ0) is 13.0. The predicted octanol–water partition coefficient (Wildman–Crippen LogP) is 2.65. The minimum Gasteiger partial charge on any atom is -0.497 e. The Morgan fingerprint density at radius 2 is 1.94 bits per heavy atom. The summed E-state index contributed by atoms with van der Waals surface area (Å²) in [4.78, 5) is 16.0. The van der Waals surface area contributed by atoms with Gasteiger partial charge in [-0.05, 0) is 36.8 Å². The van der Waals surface area contributed by atoms with Crippen molar-refractivity contribution >= 4 is 11.6 Å². The van der Waals surface area contributed by atoms with Gasteiger partial charge in [0.1, 0.15) is 5.75 Å². The number of carbonyl (C=O) groups is 1. The lowest BCUT2D eigenvalue weighted by Gasteiger charge is -2.09. The topological polar surface area (TPSA) is 51.2 Å². The van der Waals surface area contributed by atoms with E-state index in [9.17, 15) is 4.79 Å². The van der Waals surface area contributed by atoms with Crippen molar-refractivity contribution in [2.75, 3.05) is 12.4 Å². The largest absolute Gasteiger partial charge is 0.497 e. The third-order valence-corrected chi connectivity index (χ3v) is 2.63. The average molecular weight is 242 g/mol. The van der Waals surface area contributed by atoms with Crippen LogP contribution in [0.4, 0.5) is 5.69 Å². The van der Waals surface area contributed by atoms with Gasteiger partial charge in [0.15, 0.2) is 0 Å². The number of aromatic nitrogens is 1. The lowest BCUT2D eigenvalue weighted by atomic mass is 10.1. The minimum atomic E-state index is -0.155. The molecule has 0 saturated carbocycles. The van der Waals surface area contributed by atoms with Crippen LogP contribution >= 0.6 is 0 Å². The number of amides is 1. The molecule has 0 aliphatic rings. The van der Waals surface area contributed by atoms with Crippen LogP contribution in [-0.2, 0) is 0 Å². The van der Waals surface area contributed by atoms with E-state index in [1.54, 1.807) is 37.7 Å². The van der Waals surface area contributed by atoms with Crippen molar-refractivity contribution in [3.05, 3.63) is 53.9 Å². The number of hydrogen-bond acceptors (Lipinski definition) is 3. The van der Waals surface area contributed by atoms with Crippen LogP contribution in [0.3, 0.4) is 0 Å². The summed E-state index contributed by atoms with van der Waals surface area (Å²) in [7, 11) is 1.58. The van der Waals surface area contributed by atoms with Crippen LogP contribution < -0.4 is 10.1 Å². The van der Waals surface area contributed by atoms with Crippen molar-refractivity contribution in [1.29, 1.82) is 0 Å². The number of hydrogen-bond donors (Lipinski definition) is 1. The standard InChI is InChI=1S/C14H14N2O2/c1-10-3-4-12(18-2)9-13(10)14(17)16-11-5-7-15-8-6-11/h3-9H,1-2H3,(H,15,16,17). The fraction of sp³-hybridized carbons (Fsp3) is 0.143. The highest BCUT2D eigenvalue weighted by Gasteiger charge is 2.10. The molecule has 4 heteroatoms. The van der Waals surface area contributed by atoms with Crippen molar-refractivity contribution in [1.82, 2.24) is 4.98 Å². The van der Waals surface area contributed by atoms with E-state index in [0.29, 0.717) is 11.3 Å². The minimum absolute atomic E-state index is 0.155. The van der Waals surface area contributed by atoms with E-state index < -0.39 is 0 Å². The van der Waals surface area contributed by atoms with Crippen molar-refractivity contribution in [3.8, 4) is 5.75 Å². The highest BCUT2D eigenvalue weighted by Crippen LogP contribution is 2.18. The van der Waals surface area contributed by atoms with Gasteiger partial charge in [0.2, 0.25) is 0 Å². The predicted molar refractivity (Wildman–Crippen MR) is 69.9 cm³/mol. The van der Waals surface area contributed by atoms with Gasteiger partial charge in [-0.25, -0.2) is 0 Å². The Labute approximate surface area is 106 Å². The molecule has 0 fully saturated rings. The molecule has 92 valence electrons. The summed E-state index contributed by atoms with van der Waals surface area (Å²) in [5.74, 6) is 0.512. The number of anilines is 1. The van der Waals surface area contributed by atoms with E-state index in [-0.39, 0.29) is 5.91 Å². The quantitative estimate of drug-likeness (QED) is 0.900. The second-order valence-corrected chi connectivity index (χ2v) is 3.87. The number of rotatable bonds is 3. The van der Waals surface area contributed by atoms with E-state index in [1.807, 2.05) is 19.1 Å². The molecule has 0 bridgehead atoms. The molecule has 0 aliphatic heterocycles. The molecule has 2 rings (SSSR count). The highest BCUT2D eigenvalue weighted by molar-refractivity contribution is 6.05. The first kappa shape index (κ1) is 12.1. The van der Waals surface area contributed by atoms with Gasteiger partial charge in [0.05, 0.1) is 7.11 Å². The highest BCUT2D eigenvalue weighted by atomic mass is 16.5. The number of ether oxygens (including phenoxy) is 1. The van der Waals surface area contributed by atoms with E-state index in [4.69, 9.17) is 4.74 Å². The van der Waals surface area contributed by atoms with Crippen LogP contribution in [0, 0.1) is 6.92 Å². The maximum Gasteiger partial charge on any atom is 0.256 e. The second-order valence-electron chi connectivity index (χ2n) is 3.87. The van der Waals surface area contributed by atoms with Crippen molar-refractivity contribution < 1.29 is 9.53 Å². The van der Waals surface area contributed by atoms with E-state index in [1.165, 1.54) is 0 Å². The Balaban J connectivity index is 2.23. The maximum atomic E-state index is 12.1. The molecular formula is C14H14N2O2. The molecule has 0 unspecified atom stereocenters. The van der Waals surface area contributed by atoms with Gasteiger partial charge in [-0.15, -0.1) is 0 Å². The third-order valence-electron chi connectivity index (χ3n) is 2.63. The summed E-state index contributed by atoms with van der Waals surface area (Å²) in [5.41, 5.74) is 2.23. The van der Waals surface area contributed by atoms with Gasteiger partial charge in [-0.2, -0.15) is 0 Å². The van der Waals surface area contributed by atoms with Crippen molar-refractivity contribution in [2.45, 2.75) is 6.92 Å². The molecule has 1 aromatic carbocycles. The van der Waals surface area contributed by atoms with Crippen LogP contribution in [0.2, 0.25) is 0 Å². The molecule has 0 aliphatic carbocycles. The fourth-order valence-electron chi connectivity index (χ4n) is 1.61. The van der Waals surface area contributed by atoms with Gasteiger partial charge in [-0.1, -0.05) is 6.07 Å². The molecule has 0 saturated heterocycles. The fourth-order valence-corrected chi connectivity index (χ4v) is 1.61. The molecule has 0 radical (unpaired) electrons. The number of carbonyl (C=O) groups excluding carboxylic acids is 1. The molecule has 4 nitrogen and oxygen atoms in total. The van der Waals surface area contributed by atoms with Crippen molar-refractivity contribution in [2.24, 2.45) is 0 Å². The smallest absolute Gasteiger partial charge is 0.256 e. The summed E-state index contributed by atoms with van der Waals surface area (Å²) in [5, 5.41) is 2.82. The second kappa shape index (κ2) is 5.31. The first-order chi connectivity index (χ1) is 8.70. The normalized spacial score (nSPS) is 9.89. The molecule has 1 N–H and O–H groups in total. The van der Waals surface area contributed by atoms with E-state index >= 15 is 0 Å². The van der Waals surface area contributed by atoms with Gasteiger partial charge in [-0.3, -0.25) is 9.78 Å². The Kier molecular flexibility index (Phi) is 3.57. The number of pyridine rings is 1. The van der Waals surface area contributed by atoms with Crippen LogP contribution in [0.25, 0.3) is 0 Å². The number of aryl methyl sites for hydroxylation is 1. The molecule has 2 aromatic rings. The van der Waals surface area contributed by atoms with Gasteiger partial charge in [0.25, 0.3) is 5.91 Å². The van der Waals surface area contributed by atoms with Gasteiger partial charge < -0.3 is 10.1 Å². The summed E-state index contributed by atoms with van der Waals surface area (Å²) >= 11 is 0. The molecule has 0 spiro atoms. The number of nitrogens with zero attached hydrogens (tertiary/aromatic N) is 1. The SMILES string of the molecule is COc1ccc(C)c(C(=O)Nc2ccncc2)c1. The molecule has 1 aromatic heterocycles. The van der Waals surface area contributed by atoms with Gasteiger partial charge >= 0.3 is 0 Å². The number of methoxy groups -OCH3 is 1. The zero-order valence-electron chi connectivity index (χ0n) is 10.3. The molecule has 1 amide bonds. The van der Waals surface area contributed by atoms with E-state index in [2.05, 4.69) is 10.3 Å². The summed E-state index contributed by atoms with van der Waals surface area (Å²) < 4.78 is 5.12. The summed E-state index contributed by atoms with van der Waals surface area (Å²) in [6, 6.07) is 8.91. The summed E-state index contributed by atoms with van der Waals surface area (Å²) in [6.07, 6.45) is 3.27. The number of benzene rings is 1. The van der Waals surface area contributed by atoms with Crippen LogP contribution in [-0.4, -0.2) is 18.0 Å². The third kappa shape index (κ3) is 2.66. The Morgan fingerprint density at radius 3 is 2.61 bits per heavy atom. The lowest BCUT2D eigenvalue weighted by molar-refractivity contribution is 0.102.